The summed E-state index contributed by atoms with van der Waals surface area (Å²) in [6.45, 7) is 0.0654. The number of nitrogens with one attached hydrogen (secondary N) is 1. The lowest BCUT2D eigenvalue weighted by molar-refractivity contribution is 0.0996. The summed E-state index contributed by atoms with van der Waals surface area (Å²) >= 11 is 0. The van der Waals surface area contributed by atoms with E-state index in [0.717, 1.165) is 18.2 Å². The largest absolute Gasteiger partial charge is 0.381 e. The van der Waals surface area contributed by atoms with Crippen LogP contribution in [0.15, 0.2) is 36.4 Å². The minimum absolute atomic E-state index is 0.0654. The molecule has 3 nitrogen and oxygen atoms in total. The topological polar surface area (TPSA) is 55.1 Å². The summed E-state index contributed by atoms with van der Waals surface area (Å²) in [5, 5.41) is 2.81. The number of hydrogen-bond donors (Lipinski definition) is 2. The Morgan fingerprint density at radius 3 is 2.45 bits per heavy atom. The van der Waals surface area contributed by atoms with Crippen molar-refractivity contribution in [2.75, 3.05) is 5.32 Å². The van der Waals surface area contributed by atoms with Gasteiger partial charge in [-0.05, 0) is 24.3 Å². The third kappa shape index (κ3) is 3.09. The molecule has 2 aromatic rings. The Hall–Kier alpha value is -2.50. The molecule has 0 saturated carbocycles. The Bertz CT molecular complexity index is 659. The molecule has 0 atom stereocenters. The highest BCUT2D eigenvalue weighted by atomic mass is 19.1. The molecule has 0 saturated heterocycles. The van der Waals surface area contributed by atoms with Crippen molar-refractivity contribution in [2.45, 2.75) is 6.54 Å². The zero-order chi connectivity index (χ0) is 14.7. The fourth-order valence-electron chi connectivity index (χ4n) is 1.69. The van der Waals surface area contributed by atoms with E-state index in [0.29, 0.717) is 5.69 Å². The van der Waals surface area contributed by atoms with Gasteiger partial charge in [0, 0.05) is 23.9 Å². The van der Waals surface area contributed by atoms with E-state index in [9.17, 15) is 18.0 Å². The third-order valence-electron chi connectivity index (χ3n) is 2.73. The van der Waals surface area contributed by atoms with E-state index >= 15 is 0 Å². The summed E-state index contributed by atoms with van der Waals surface area (Å²) < 4.78 is 39.4. The zero-order valence-corrected chi connectivity index (χ0v) is 10.3. The highest BCUT2D eigenvalue weighted by Gasteiger charge is 2.09. The first-order valence-electron chi connectivity index (χ1n) is 5.74. The molecule has 0 spiro atoms. The maximum absolute atomic E-state index is 13.4. The van der Waals surface area contributed by atoms with Gasteiger partial charge in [-0.2, -0.15) is 0 Å². The van der Waals surface area contributed by atoms with Gasteiger partial charge in [-0.1, -0.05) is 6.07 Å². The number of rotatable bonds is 4. The molecule has 2 aromatic carbocycles. The lowest BCUT2D eigenvalue weighted by Crippen LogP contribution is -2.13. The van der Waals surface area contributed by atoms with E-state index < -0.39 is 23.4 Å². The number of halogens is 3. The molecule has 0 aliphatic heterocycles. The van der Waals surface area contributed by atoms with Gasteiger partial charge in [-0.3, -0.25) is 4.79 Å². The molecule has 6 heteroatoms. The minimum atomic E-state index is -0.890. The van der Waals surface area contributed by atoms with Crippen LogP contribution in [0.2, 0.25) is 0 Å². The smallest absolute Gasteiger partial charge is 0.251 e. The molecule has 0 heterocycles. The first kappa shape index (κ1) is 13.9. The van der Waals surface area contributed by atoms with E-state index in [4.69, 9.17) is 5.73 Å². The maximum atomic E-state index is 13.4. The molecular weight excluding hydrogens is 269 g/mol. The van der Waals surface area contributed by atoms with Crippen LogP contribution in [0.5, 0.6) is 0 Å². The molecule has 3 N–H and O–H groups in total. The van der Waals surface area contributed by atoms with E-state index in [-0.39, 0.29) is 17.7 Å². The van der Waals surface area contributed by atoms with Crippen molar-refractivity contribution in [1.29, 1.82) is 0 Å². The van der Waals surface area contributed by atoms with Crippen molar-refractivity contribution in [1.82, 2.24) is 0 Å². The van der Waals surface area contributed by atoms with Gasteiger partial charge in [0.25, 0.3) is 5.91 Å². The maximum Gasteiger partial charge on any atom is 0.251 e. The van der Waals surface area contributed by atoms with Crippen molar-refractivity contribution < 1.29 is 18.0 Å². The molecule has 0 radical (unpaired) electrons. The number of primary amides is 1. The number of nitrogens with two attached hydrogens (primary N) is 1. The number of hydrogen-bond acceptors (Lipinski definition) is 2. The van der Waals surface area contributed by atoms with Gasteiger partial charge in [-0.15, -0.1) is 0 Å². The molecule has 0 aromatic heterocycles. The first-order chi connectivity index (χ1) is 9.47. The van der Waals surface area contributed by atoms with Crippen LogP contribution in [0.1, 0.15) is 15.9 Å². The number of carbonyl (C=O) groups is 1. The number of benzene rings is 2. The summed E-state index contributed by atoms with van der Waals surface area (Å²) in [4.78, 5) is 11.0. The molecule has 2 rings (SSSR count). The zero-order valence-electron chi connectivity index (χ0n) is 10.3. The van der Waals surface area contributed by atoms with E-state index in [2.05, 4.69) is 5.32 Å². The summed E-state index contributed by atoms with van der Waals surface area (Å²) in [6, 6.07) is 6.93. The number of carbonyl (C=O) groups excluding carboxylic acids is 1. The van der Waals surface area contributed by atoms with Crippen LogP contribution in [0.3, 0.4) is 0 Å². The van der Waals surface area contributed by atoms with E-state index in [1.807, 2.05) is 0 Å². The molecule has 0 bridgehead atoms. The van der Waals surface area contributed by atoms with Gasteiger partial charge in [0.2, 0.25) is 0 Å². The lowest BCUT2D eigenvalue weighted by Gasteiger charge is -2.09. The highest BCUT2D eigenvalue weighted by Crippen LogP contribution is 2.16. The van der Waals surface area contributed by atoms with Gasteiger partial charge in [0.15, 0.2) is 0 Å². The van der Waals surface area contributed by atoms with Crippen LogP contribution >= 0.6 is 0 Å². The highest BCUT2D eigenvalue weighted by molar-refractivity contribution is 5.94. The average molecular weight is 280 g/mol. The normalized spacial score (nSPS) is 10.3. The van der Waals surface area contributed by atoms with Gasteiger partial charge >= 0.3 is 0 Å². The number of anilines is 1. The Morgan fingerprint density at radius 2 is 1.80 bits per heavy atom. The van der Waals surface area contributed by atoms with Crippen molar-refractivity contribution in [3.8, 4) is 0 Å². The molecule has 0 aliphatic carbocycles. The fourth-order valence-corrected chi connectivity index (χ4v) is 1.69. The third-order valence-corrected chi connectivity index (χ3v) is 2.73. The van der Waals surface area contributed by atoms with Crippen LogP contribution in [0, 0.1) is 17.5 Å². The standard InChI is InChI=1S/C14H11F3N2O/c15-9-2-1-8(13(17)5-9)7-19-10-3-4-12(16)11(6-10)14(18)20/h1-6,19H,7H2,(H2,18,20). The summed E-state index contributed by atoms with van der Waals surface area (Å²) in [7, 11) is 0. The van der Waals surface area contributed by atoms with Crippen LogP contribution in [0.25, 0.3) is 0 Å². The molecule has 104 valence electrons. The second kappa shape index (κ2) is 5.64. The minimum Gasteiger partial charge on any atom is -0.381 e. The second-order valence-corrected chi connectivity index (χ2v) is 4.15. The molecule has 20 heavy (non-hydrogen) atoms. The van der Waals surface area contributed by atoms with E-state index in [1.165, 1.54) is 18.2 Å². The van der Waals surface area contributed by atoms with Crippen LogP contribution in [-0.2, 0) is 6.54 Å². The summed E-state index contributed by atoms with van der Waals surface area (Å²) in [5.41, 5.74) is 5.42. The SMILES string of the molecule is NC(=O)c1cc(NCc2ccc(F)cc2F)ccc1F. The molecule has 0 fully saturated rings. The fraction of sp³-hybridized carbons (Fsp3) is 0.0714. The Kier molecular flexibility index (Phi) is 3.93. The average Bonchev–Trinajstić information content (AvgIpc) is 2.39. The van der Waals surface area contributed by atoms with Crippen molar-refractivity contribution >= 4 is 11.6 Å². The van der Waals surface area contributed by atoms with Crippen LogP contribution in [-0.4, -0.2) is 5.91 Å². The number of amides is 1. The molecule has 0 aliphatic rings. The molecular formula is C14H11F3N2O. The van der Waals surface area contributed by atoms with Crippen molar-refractivity contribution in [3.63, 3.8) is 0 Å². The predicted molar refractivity (Wildman–Crippen MR) is 68.6 cm³/mol. The van der Waals surface area contributed by atoms with Gasteiger partial charge < -0.3 is 11.1 Å². The van der Waals surface area contributed by atoms with Crippen LogP contribution in [0.4, 0.5) is 18.9 Å². The molecule has 0 unspecified atom stereocenters. The Balaban J connectivity index is 2.15. The second-order valence-electron chi connectivity index (χ2n) is 4.15. The Labute approximate surface area is 113 Å². The van der Waals surface area contributed by atoms with Gasteiger partial charge in [-0.25, -0.2) is 13.2 Å². The molecule has 1 amide bonds. The quantitative estimate of drug-likeness (QED) is 0.904. The van der Waals surface area contributed by atoms with Crippen molar-refractivity contribution in [3.05, 3.63) is 65.0 Å². The monoisotopic (exact) mass is 280 g/mol. The van der Waals surface area contributed by atoms with E-state index in [1.54, 1.807) is 0 Å². The Morgan fingerprint density at radius 1 is 1.05 bits per heavy atom. The summed E-state index contributed by atoms with van der Waals surface area (Å²) in [6.07, 6.45) is 0. The van der Waals surface area contributed by atoms with Gasteiger partial charge in [0.1, 0.15) is 17.5 Å². The van der Waals surface area contributed by atoms with Crippen molar-refractivity contribution in [2.24, 2.45) is 5.73 Å². The lowest BCUT2D eigenvalue weighted by atomic mass is 10.1. The predicted octanol–water partition coefficient (Wildman–Crippen LogP) is 2.81. The summed E-state index contributed by atoms with van der Waals surface area (Å²) in [5.74, 6) is -2.96. The first-order valence-corrected chi connectivity index (χ1v) is 5.74. The van der Waals surface area contributed by atoms with Crippen LogP contribution < -0.4 is 11.1 Å². The van der Waals surface area contributed by atoms with Gasteiger partial charge in [0.05, 0.1) is 5.56 Å².